The van der Waals surface area contributed by atoms with Crippen molar-refractivity contribution in [3.8, 4) is 11.1 Å². The second-order valence-corrected chi connectivity index (χ2v) is 9.22. The van der Waals surface area contributed by atoms with Crippen LogP contribution in [0, 0.1) is 5.41 Å². The molecule has 1 aromatic carbocycles. The molecule has 1 aliphatic heterocycles. The normalized spacial score (nSPS) is 14.2. The number of nitrogens with two attached hydrogens (primary N) is 1. The second-order valence-electron chi connectivity index (χ2n) is 9.22. The molecular weight excluding hydrogens is 642 g/mol. The molecule has 0 saturated carbocycles. The maximum atomic E-state index is 14.0. The molecule has 2 aromatic rings. The van der Waals surface area contributed by atoms with Gasteiger partial charge in [-0.2, -0.15) is 18.3 Å². The number of nitrogens with zero attached hydrogens (tertiary/aromatic N) is 5. The standard InChI is InChI=1S/C26H34F3N7O2.HIO/c1-5-36-15-23(24(33-36)26(27,28)29)21-11-18(13-34(4)8-9-38-16-30)12-22-20(21)6-7-35(25(22)37)14-19(32-3)10-17(2)31;1-2/h10-12,15-16,30H,5-9,13-14,31H2,1-4H3;2H/b17-10-,30-16?,32-19?;. The van der Waals surface area contributed by atoms with Crippen LogP contribution in [0.15, 0.2) is 35.1 Å². The number of hydrogen-bond acceptors (Lipinski definition) is 8. The van der Waals surface area contributed by atoms with Crippen molar-refractivity contribution >= 4 is 41.0 Å². The number of halogens is 4. The SMILES string of the molecule is CCn1cc(-c2cc(CN(C)CCOC=N)cc3c2CCN(CC(/C=C(/C)N)=NC)C3=O)c(C(F)(F)F)n1.OI. The van der Waals surface area contributed by atoms with Gasteiger partial charge in [-0.25, -0.2) is 0 Å². The van der Waals surface area contributed by atoms with Gasteiger partial charge in [0.2, 0.25) is 0 Å². The molecule has 0 fully saturated rings. The Balaban J connectivity index is 0.00000274. The Morgan fingerprint density at radius 3 is 2.58 bits per heavy atom. The van der Waals surface area contributed by atoms with Gasteiger partial charge in [-0.3, -0.25) is 24.8 Å². The Bertz CT molecular complexity index is 1240. The van der Waals surface area contributed by atoms with Crippen molar-refractivity contribution in [3.63, 3.8) is 0 Å². The molecular formula is C26H35F3IN7O3. The predicted octanol–water partition coefficient (Wildman–Crippen LogP) is 3.90. The number of likely N-dealkylation sites (N-methyl/N-ethyl adjacent to an activating group) is 1. The molecule has 0 radical (unpaired) electrons. The van der Waals surface area contributed by atoms with E-state index in [0.29, 0.717) is 66.3 Å². The number of benzene rings is 1. The molecule has 1 aliphatic rings. The third-order valence-electron chi connectivity index (χ3n) is 6.26. The van der Waals surface area contributed by atoms with Gasteiger partial charge in [0.05, 0.1) is 12.3 Å². The number of hydrogen-bond donors (Lipinski definition) is 3. The summed E-state index contributed by atoms with van der Waals surface area (Å²) in [5.74, 6) is -0.273. The van der Waals surface area contributed by atoms with Crippen molar-refractivity contribution in [2.75, 3.05) is 40.3 Å². The van der Waals surface area contributed by atoms with Gasteiger partial charge >= 0.3 is 6.18 Å². The number of carbonyl (C=O) groups excluding carboxylic acids is 1. The van der Waals surface area contributed by atoms with Crippen LogP contribution in [0.5, 0.6) is 0 Å². The number of ether oxygens (including phenoxy) is 1. The largest absolute Gasteiger partial charge is 0.482 e. The van der Waals surface area contributed by atoms with Crippen LogP contribution < -0.4 is 5.73 Å². The summed E-state index contributed by atoms with van der Waals surface area (Å²) in [6, 6.07) is 3.48. The van der Waals surface area contributed by atoms with E-state index in [1.165, 1.54) is 10.9 Å². The third-order valence-corrected chi connectivity index (χ3v) is 6.26. The van der Waals surface area contributed by atoms with Crippen LogP contribution in [0.25, 0.3) is 11.1 Å². The number of rotatable bonds is 11. The topological polar surface area (TPSA) is 133 Å². The van der Waals surface area contributed by atoms with E-state index in [0.717, 1.165) is 29.4 Å². The first kappa shape index (κ1) is 33.2. The van der Waals surface area contributed by atoms with E-state index >= 15 is 0 Å². The summed E-state index contributed by atoms with van der Waals surface area (Å²) in [5.41, 5.74) is 7.98. The van der Waals surface area contributed by atoms with Crippen LogP contribution in [-0.4, -0.2) is 81.4 Å². The first-order chi connectivity index (χ1) is 19.0. The lowest BCUT2D eigenvalue weighted by atomic mass is 9.88. The number of aliphatic imine (C=N–C) groups is 1. The van der Waals surface area contributed by atoms with Crippen molar-refractivity contribution < 1.29 is 26.1 Å². The molecule has 0 aliphatic carbocycles. The summed E-state index contributed by atoms with van der Waals surface area (Å²) in [4.78, 5) is 21.4. The Morgan fingerprint density at radius 2 is 2.00 bits per heavy atom. The average molecular weight is 678 g/mol. The summed E-state index contributed by atoms with van der Waals surface area (Å²) in [6.07, 6.45) is -0.306. The number of amides is 1. The predicted molar refractivity (Wildman–Crippen MR) is 157 cm³/mol. The molecule has 220 valence electrons. The summed E-state index contributed by atoms with van der Waals surface area (Å²) in [7, 11) is 3.46. The third kappa shape index (κ3) is 8.51. The maximum absolute atomic E-state index is 14.0. The molecule has 0 atom stereocenters. The molecule has 3 rings (SSSR count). The fourth-order valence-corrected chi connectivity index (χ4v) is 4.48. The number of aromatic nitrogens is 2. The fraction of sp³-hybridized carbons (Fsp3) is 0.462. The van der Waals surface area contributed by atoms with Crippen molar-refractivity contribution in [3.05, 3.63) is 52.5 Å². The van der Waals surface area contributed by atoms with E-state index in [-0.39, 0.29) is 24.6 Å². The molecule has 14 heteroatoms. The summed E-state index contributed by atoms with van der Waals surface area (Å²) < 4.78 is 55.2. The van der Waals surface area contributed by atoms with E-state index < -0.39 is 11.9 Å². The molecule has 0 unspecified atom stereocenters. The highest BCUT2D eigenvalue weighted by Gasteiger charge is 2.39. The molecule has 0 spiro atoms. The number of fused-ring (bicyclic) bond motifs is 1. The molecule has 10 nitrogen and oxygen atoms in total. The lowest BCUT2D eigenvalue weighted by Gasteiger charge is -2.31. The Kier molecular flexibility index (Phi) is 12.6. The van der Waals surface area contributed by atoms with Crippen LogP contribution in [0.3, 0.4) is 0 Å². The highest BCUT2D eigenvalue weighted by molar-refractivity contribution is 14.1. The van der Waals surface area contributed by atoms with Crippen molar-refractivity contribution in [1.82, 2.24) is 19.6 Å². The van der Waals surface area contributed by atoms with Gasteiger partial charge in [-0.15, -0.1) is 0 Å². The van der Waals surface area contributed by atoms with E-state index in [2.05, 4.69) is 10.1 Å². The number of allylic oxidation sites excluding steroid dienone is 1. The average Bonchev–Trinajstić information content (AvgIpc) is 3.36. The first-order valence-electron chi connectivity index (χ1n) is 12.4. The minimum Gasteiger partial charge on any atom is -0.482 e. The Labute approximate surface area is 245 Å². The Morgan fingerprint density at radius 1 is 1.32 bits per heavy atom. The smallest absolute Gasteiger partial charge is 0.435 e. The maximum Gasteiger partial charge on any atom is 0.435 e. The van der Waals surface area contributed by atoms with E-state index in [1.807, 2.05) is 11.9 Å². The van der Waals surface area contributed by atoms with Crippen LogP contribution in [-0.2, 0) is 30.4 Å². The second kappa shape index (κ2) is 15.1. The summed E-state index contributed by atoms with van der Waals surface area (Å²) in [5, 5.41) is 10.8. The van der Waals surface area contributed by atoms with Crippen LogP contribution in [0.2, 0.25) is 0 Å². The lowest BCUT2D eigenvalue weighted by Crippen LogP contribution is -2.41. The summed E-state index contributed by atoms with van der Waals surface area (Å²) in [6.45, 7) is 5.46. The van der Waals surface area contributed by atoms with Gasteiger partial charge in [0, 0.05) is 56.2 Å². The molecule has 0 bridgehead atoms. The van der Waals surface area contributed by atoms with E-state index in [4.69, 9.17) is 19.3 Å². The number of alkyl halides is 3. The van der Waals surface area contributed by atoms with Crippen LogP contribution >= 0.6 is 23.0 Å². The zero-order valence-electron chi connectivity index (χ0n) is 22.9. The molecule has 2 heterocycles. The van der Waals surface area contributed by atoms with Gasteiger partial charge in [0.25, 0.3) is 5.91 Å². The fourth-order valence-electron chi connectivity index (χ4n) is 4.48. The van der Waals surface area contributed by atoms with Gasteiger partial charge in [-0.1, -0.05) is 0 Å². The molecule has 1 aromatic heterocycles. The van der Waals surface area contributed by atoms with Gasteiger partial charge in [0.15, 0.2) is 12.1 Å². The van der Waals surface area contributed by atoms with Crippen molar-refractivity contribution in [1.29, 1.82) is 5.41 Å². The van der Waals surface area contributed by atoms with Crippen LogP contribution in [0.4, 0.5) is 13.2 Å². The minimum atomic E-state index is -4.65. The molecule has 1 amide bonds. The molecule has 4 N–H and O–H groups in total. The molecule has 40 heavy (non-hydrogen) atoms. The van der Waals surface area contributed by atoms with Gasteiger partial charge < -0.3 is 18.8 Å². The number of carbonyl (C=O) groups is 1. The number of nitrogens with one attached hydrogen (secondary N) is 1. The van der Waals surface area contributed by atoms with Gasteiger partial charge in [0.1, 0.15) is 29.6 Å². The lowest BCUT2D eigenvalue weighted by molar-refractivity contribution is -0.141. The molecule has 0 saturated heterocycles. The minimum absolute atomic E-state index is 0.0361. The summed E-state index contributed by atoms with van der Waals surface area (Å²) >= 11 is 1.15. The van der Waals surface area contributed by atoms with Crippen LogP contribution in [0.1, 0.15) is 41.0 Å². The highest BCUT2D eigenvalue weighted by atomic mass is 127. The zero-order chi connectivity index (χ0) is 30.0. The zero-order valence-corrected chi connectivity index (χ0v) is 25.1. The monoisotopic (exact) mass is 677 g/mol. The van der Waals surface area contributed by atoms with E-state index in [1.54, 1.807) is 44.0 Å². The highest BCUT2D eigenvalue weighted by Crippen LogP contribution is 2.40. The van der Waals surface area contributed by atoms with Gasteiger partial charge in [-0.05, 0) is 62.2 Å². The van der Waals surface area contributed by atoms with E-state index in [9.17, 15) is 18.0 Å². The van der Waals surface area contributed by atoms with Crippen molar-refractivity contribution in [2.45, 2.75) is 39.5 Å². The Hall–Kier alpha value is -2.98. The first-order valence-corrected chi connectivity index (χ1v) is 13.4. The van der Waals surface area contributed by atoms with Crippen molar-refractivity contribution in [2.24, 2.45) is 10.7 Å². The quantitative estimate of drug-likeness (QED) is 0.143. The number of aryl methyl sites for hydroxylation is 1.